The third-order valence-corrected chi connectivity index (χ3v) is 4.31. The summed E-state index contributed by atoms with van der Waals surface area (Å²) in [6, 6.07) is 0. The molecule has 1 aliphatic heterocycles. The second-order valence-corrected chi connectivity index (χ2v) is 6.09. The predicted molar refractivity (Wildman–Crippen MR) is 54.5 cm³/mol. The van der Waals surface area contributed by atoms with E-state index < -0.39 is 9.84 Å². The van der Waals surface area contributed by atoms with Crippen LogP contribution in [0.5, 0.6) is 0 Å². The standard InChI is InChI=1S/C9H17NO2S/c1-3-4-6-10-9(2)5-7-13(11,12)8-9/h3,10H,1,4-8H2,2H3. The van der Waals surface area contributed by atoms with Gasteiger partial charge in [0, 0.05) is 5.54 Å². The zero-order chi connectivity index (χ0) is 9.95. The molecule has 1 heterocycles. The Kier molecular flexibility index (Phi) is 3.14. The first-order chi connectivity index (χ1) is 5.97. The van der Waals surface area contributed by atoms with Crippen molar-refractivity contribution in [1.82, 2.24) is 5.32 Å². The van der Waals surface area contributed by atoms with Crippen molar-refractivity contribution in [1.29, 1.82) is 0 Å². The molecule has 3 nitrogen and oxygen atoms in total. The molecule has 13 heavy (non-hydrogen) atoms. The Morgan fingerprint density at radius 1 is 1.62 bits per heavy atom. The SMILES string of the molecule is C=CCCNC1(C)CCS(=O)(=O)C1. The lowest BCUT2D eigenvalue weighted by molar-refractivity contribution is 0.402. The molecule has 0 bridgehead atoms. The fraction of sp³-hybridized carbons (Fsp3) is 0.778. The third kappa shape index (κ3) is 3.12. The van der Waals surface area contributed by atoms with Crippen LogP contribution in [0, 0.1) is 0 Å². The first-order valence-corrected chi connectivity index (χ1v) is 6.36. The molecule has 1 atom stereocenters. The summed E-state index contributed by atoms with van der Waals surface area (Å²) in [6.45, 7) is 6.41. The van der Waals surface area contributed by atoms with Crippen LogP contribution in [0.1, 0.15) is 19.8 Å². The zero-order valence-electron chi connectivity index (χ0n) is 8.04. The van der Waals surface area contributed by atoms with E-state index in [0.717, 1.165) is 19.4 Å². The quantitative estimate of drug-likeness (QED) is 0.541. The Bertz CT molecular complexity index is 284. The smallest absolute Gasteiger partial charge is 0.152 e. The van der Waals surface area contributed by atoms with Gasteiger partial charge in [-0.2, -0.15) is 0 Å². The summed E-state index contributed by atoms with van der Waals surface area (Å²) in [5.41, 5.74) is -0.207. The highest BCUT2D eigenvalue weighted by molar-refractivity contribution is 7.91. The molecular weight excluding hydrogens is 186 g/mol. The van der Waals surface area contributed by atoms with Crippen LogP contribution in [-0.2, 0) is 9.84 Å². The van der Waals surface area contributed by atoms with E-state index in [4.69, 9.17) is 0 Å². The Morgan fingerprint density at radius 3 is 2.77 bits per heavy atom. The molecule has 1 unspecified atom stereocenters. The summed E-state index contributed by atoms with van der Waals surface area (Å²) in [5.74, 6) is 0.599. The lowest BCUT2D eigenvalue weighted by Crippen LogP contribution is -2.43. The van der Waals surface area contributed by atoms with Crippen LogP contribution in [0.2, 0.25) is 0 Å². The van der Waals surface area contributed by atoms with Gasteiger partial charge < -0.3 is 5.32 Å². The molecule has 1 N–H and O–H groups in total. The van der Waals surface area contributed by atoms with Crippen LogP contribution in [0.4, 0.5) is 0 Å². The first-order valence-electron chi connectivity index (χ1n) is 4.54. The first kappa shape index (κ1) is 10.7. The van der Waals surface area contributed by atoms with Crippen molar-refractivity contribution in [2.45, 2.75) is 25.3 Å². The van der Waals surface area contributed by atoms with Crippen LogP contribution >= 0.6 is 0 Å². The van der Waals surface area contributed by atoms with Crippen molar-refractivity contribution in [2.24, 2.45) is 0 Å². The summed E-state index contributed by atoms with van der Waals surface area (Å²) in [7, 11) is -2.78. The molecule has 0 aliphatic carbocycles. The highest BCUT2D eigenvalue weighted by Gasteiger charge is 2.37. The summed E-state index contributed by atoms with van der Waals surface area (Å²) in [6.07, 6.45) is 3.45. The number of nitrogens with one attached hydrogen (secondary N) is 1. The van der Waals surface area contributed by atoms with Crippen LogP contribution in [0.15, 0.2) is 12.7 Å². The fourth-order valence-electron chi connectivity index (χ4n) is 1.63. The second-order valence-electron chi connectivity index (χ2n) is 3.91. The topological polar surface area (TPSA) is 46.2 Å². The lowest BCUT2D eigenvalue weighted by Gasteiger charge is -2.23. The molecule has 0 spiro atoms. The largest absolute Gasteiger partial charge is 0.310 e. The van der Waals surface area contributed by atoms with Crippen LogP contribution in [0.3, 0.4) is 0 Å². The molecule has 1 saturated heterocycles. The average molecular weight is 203 g/mol. The number of hydrogen-bond donors (Lipinski definition) is 1. The molecule has 0 amide bonds. The van der Waals surface area contributed by atoms with Gasteiger partial charge in [0.1, 0.15) is 0 Å². The minimum atomic E-state index is -2.78. The van der Waals surface area contributed by atoms with Gasteiger partial charge in [-0.1, -0.05) is 6.08 Å². The minimum Gasteiger partial charge on any atom is -0.310 e. The number of sulfone groups is 1. The van der Waals surface area contributed by atoms with E-state index in [1.807, 2.05) is 13.0 Å². The average Bonchev–Trinajstić information content (AvgIpc) is 2.27. The van der Waals surface area contributed by atoms with Crippen molar-refractivity contribution in [3.05, 3.63) is 12.7 Å². The van der Waals surface area contributed by atoms with Crippen molar-refractivity contribution in [3.8, 4) is 0 Å². The maximum absolute atomic E-state index is 11.2. The van der Waals surface area contributed by atoms with Gasteiger partial charge in [-0.05, 0) is 26.3 Å². The van der Waals surface area contributed by atoms with Crippen LogP contribution in [0.25, 0.3) is 0 Å². The maximum atomic E-state index is 11.2. The summed E-state index contributed by atoms with van der Waals surface area (Å²) in [4.78, 5) is 0. The van der Waals surface area contributed by atoms with Crippen molar-refractivity contribution < 1.29 is 8.42 Å². The Balaban J connectivity index is 2.45. The van der Waals surface area contributed by atoms with E-state index in [9.17, 15) is 8.42 Å². The Hall–Kier alpha value is -0.350. The van der Waals surface area contributed by atoms with Gasteiger partial charge in [-0.25, -0.2) is 8.42 Å². The normalized spacial score (nSPS) is 31.8. The van der Waals surface area contributed by atoms with E-state index in [1.165, 1.54) is 0 Å². The van der Waals surface area contributed by atoms with Gasteiger partial charge in [0.15, 0.2) is 9.84 Å². The van der Waals surface area contributed by atoms with Gasteiger partial charge in [-0.3, -0.25) is 0 Å². The predicted octanol–water partition coefficient (Wildman–Crippen LogP) is 0.729. The molecule has 0 aromatic rings. The molecule has 1 fully saturated rings. The van der Waals surface area contributed by atoms with E-state index in [1.54, 1.807) is 0 Å². The fourth-order valence-corrected chi connectivity index (χ4v) is 3.75. The van der Waals surface area contributed by atoms with Gasteiger partial charge in [-0.15, -0.1) is 6.58 Å². The van der Waals surface area contributed by atoms with Gasteiger partial charge in [0.2, 0.25) is 0 Å². The summed E-state index contributed by atoms with van der Waals surface area (Å²) < 4.78 is 22.4. The van der Waals surface area contributed by atoms with Gasteiger partial charge in [0.05, 0.1) is 11.5 Å². The summed E-state index contributed by atoms with van der Waals surface area (Å²) in [5, 5.41) is 3.26. The highest BCUT2D eigenvalue weighted by Crippen LogP contribution is 2.22. The van der Waals surface area contributed by atoms with Gasteiger partial charge in [0.25, 0.3) is 0 Å². The molecule has 4 heteroatoms. The van der Waals surface area contributed by atoms with Crippen molar-refractivity contribution in [2.75, 3.05) is 18.1 Å². The monoisotopic (exact) mass is 203 g/mol. The molecule has 0 radical (unpaired) electrons. The molecule has 0 aromatic carbocycles. The molecule has 0 aromatic heterocycles. The third-order valence-electron chi connectivity index (χ3n) is 2.40. The number of rotatable bonds is 4. The second kappa shape index (κ2) is 3.80. The summed E-state index contributed by atoms with van der Waals surface area (Å²) >= 11 is 0. The Morgan fingerprint density at radius 2 is 2.31 bits per heavy atom. The molecule has 1 rings (SSSR count). The van der Waals surface area contributed by atoms with E-state index >= 15 is 0 Å². The van der Waals surface area contributed by atoms with E-state index in [0.29, 0.717) is 5.75 Å². The van der Waals surface area contributed by atoms with Crippen LogP contribution < -0.4 is 5.32 Å². The molecule has 1 aliphatic rings. The Labute approximate surface area is 80.1 Å². The molecular formula is C9H17NO2S. The van der Waals surface area contributed by atoms with E-state index in [-0.39, 0.29) is 11.3 Å². The zero-order valence-corrected chi connectivity index (χ0v) is 8.86. The van der Waals surface area contributed by atoms with Crippen molar-refractivity contribution >= 4 is 9.84 Å². The molecule has 76 valence electrons. The van der Waals surface area contributed by atoms with Crippen molar-refractivity contribution in [3.63, 3.8) is 0 Å². The highest BCUT2D eigenvalue weighted by atomic mass is 32.2. The molecule has 0 saturated carbocycles. The lowest BCUT2D eigenvalue weighted by atomic mass is 10.0. The maximum Gasteiger partial charge on any atom is 0.152 e. The van der Waals surface area contributed by atoms with Gasteiger partial charge >= 0.3 is 0 Å². The minimum absolute atomic E-state index is 0.207. The van der Waals surface area contributed by atoms with Crippen LogP contribution in [-0.4, -0.2) is 32.0 Å². The number of hydrogen-bond acceptors (Lipinski definition) is 3. The van der Waals surface area contributed by atoms with E-state index in [2.05, 4.69) is 11.9 Å².